The maximum absolute atomic E-state index is 12.5. The lowest BCUT2D eigenvalue weighted by atomic mass is 10.1. The second kappa shape index (κ2) is 5.42. The molecule has 4 aromatic rings. The fraction of sp³-hybridized carbons (Fsp3) is 0.111. The molecule has 0 radical (unpaired) electrons. The number of rotatable bonds is 2. The lowest BCUT2D eigenvalue weighted by molar-refractivity contribution is 0.102. The quantitative estimate of drug-likeness (QED) is 0.610. The van der Waals surface area contributed by atoms with Crippen LogP contribution in [0.15, 0.2) is 47.2 Å². The molecule has 2 aromatic carbocycles. The number of carbonyl (C=O) groups is 1. The monoisotopic (exact) mass is 318 g/mol. The van der Waals surface area contributed by atoms with Crippen molar-refractivity contribution in [3.8, 4) is 0 Å². The first-order valence-corrected chi connectivity index (χ1v) is 7.50. The number of amides is 1. The normalized spacial score (nSPS) is 11.1. The highest BCUT2D eigenvalue weighted by Gasteiger charge is 2.10. The predicted octanol–water partition coefficient (Wildman–Crippen LogP) is 3.64. The van der Waals surface area contributed by atoms with E-state index in [1.54, 1.807) is 30.3 Å². The minimum Gasteiger partial charge on any atom is -0.443 e. The Hall–Kier alpha value is -3.28. The van der Waals surface area contributed by atoms with Crippen LogP contribution < -0.4 is 5.32 Å². The lowest BCUT2D eigenvalue weighted by Crippen LogP contribution is -2.12. The van der Waals surface area contributed by atoms with Gasteiger partial charge in [0.25, 0.3) is 5.91 Å². The van der Waals surface area contributed by atoms with E-state index in [4.69, 9.17) is 4.42 Å². The van der Waals surface area contributed by atoms with Crippen LogP contribution in [-0.2, 0) is 0 Å². The van der Waals surface area contributed by atoms with E-state index in [0.29, 0.717) is 22.4 Å². The van der Waals surface area contributed by atoms with E-state index in [1.807, 2.05) is 19.9 Å². The third-order valence-electron chi connectivity index (χ3n) is 3.93. The smallest absolute Gasteiger partial charge is 0.255 e. The third-order valence-corrected chi connectivity index (χ3v) is 3.93. The highest BCUT2D eigenvalue weighted by molar-refractivity contribution is 6.06. The van der Waals surface area contributed by atoms with Gasteiger partial charge in [-0.1, -0.05) is 0 Å². The summed E-state index contributed by atoms with van der Waals surface area (Å²) in [6, 6.07) is 10.6. The maximum Gasteiger partial charge on any atom is 0.255 e. The third kappa shape index (κ3) is 2.48. The summed E-state index contributed by atoms with van der Waals surface area (Å²) in [6.45, 7) is 3.82. The topological polar surface area (TPSA) is 80.9 Å². The molecule has 0 atom stereocenters. The van der Waals surface area contributed by atoms with Gasteiger partial charge in [0.1, 0.15) is 5.52 Å². The fourth-order valence-corrected chi connectivity index (χ4v) is 2.51. The van der Waals surface area contributed by atoms with Crippen molar-refractivity contribution >= 4 is 33.7 Å². The van der Waals surface area contributed by atoms with E-state index in [1.165, 1.54) is 6.39 Å². The summed E-state index contributed by atoms with van der Waals surface area (Å²) >= 11 is 0. The summed E-state index contributed by atoms with van der Waals surface area (Å²) < 4.78 is 5.25. The number of hydrogen-bond donors (Lipinski definition) is 1. The number of aromatic nitrogens is 3. The molecule has 4 rings (SSSR count). The molecule has 0 spiro atoms. The molecule has 0 bridgehead atoms. The van der Waals surface area contributed by atoms with Crippen LogP contribution in [0.2, 0.25) is 0 Å². The van der Waals surface area contributed by atoms with Crippen LogP contribution in [0.1, 0.15) is 21.7 Å². The molecular weight excluding hydrogens is 304 g/mol. The van der Waals surface area contributed by atoms with Crippen LogP contribution in [0.5, 0.6) is 0 Å². The molecule has 0 unspecified atom stereocenters. The second-order valence-electron chi connectivity index (χ2n) is 5.59. The minimum atomic E-state index is -0.212. The number of nitrogens with one attached hydrogen (secondary N) is 1. The number of benzene rings is 2. The van der Waals surface area contributed by atoms with Gasteiger partial charge >= 0.3 is 0 Å². The molecule has 0 aliphatic rings. The zero-order valence-electron chi connectivity index (χ0n) is 13.2. The van der Waals surface area contributed by atoms with E-state index in [-0.39, 0.29) is 5.91 Å². The summed E-state index contributed by atoms with van der Waals surface area (Å²) in [4.78, 5) is 25.5. The SMILES string of the molecule is Cc1nc2ccc(C(=O)Nc3ccc4ncoc4c3)cc2nc1C. The molecule has 118 valence electrons. The van der Waals surface area contributed by atoms with Crippen molar-refractivity contribution in [1.82, 2.24) is 15.0 Å². The van der Waals surface area contributed by atoms with Gasteiger partial charge in [0.15, 0.2) is 12.0 Å². The van der Waals surface area contributed by atoms with Crippen LogP contribution in [0.4, 0.5) is 5.69 Å². The number of oxazole rings is 1. The molecule has 6 heteroatoms. The van der Waals surface area contributed by atoms with E-state index < -0.39 is 0 Å². The summed E-state index contributed by atoms with van der Waals surface area (Å²) in [6.07, 6.45) is 1.38. The van der Waals surface area contributed by atoms with Crippen molar-refractivity contribution in [1.29, 1.82) is 0 Å². The van der Waals surface area contributed by atoms with Crippen molar-refractivity contribution in [3.05, 3.63) is 59.7 Å². The first-order valence-electron chi connectivity index (χ1n) is 7.50. The number of fused-ring (bicyclic) bond motifs is 2. The van der Waals surface area contributed by atoms with E-state index in [0.717, 1.165) is 22.4 Å². The molecule has 0 aliphatic carbocycles. The summed E-state index contributed by atoms with van der Waals surface area (Å²) in [5, 5.41) is 2.86. The van der Waals surface area contributed by atoms with Gasteiger partial charge in [-0.15, -0.1) is 0 Å². The highest BCUT2D eigenvalue weighted by Crippen LogP contribution is 2.19. The van der Waals surface area contributed by atoms with Gasteiger partial charge in [-0.3, -0.25) is 4.79 Å². The van der Waals surface area contributed by atoms with Gasteiger partial charge in [-0.05, 0) is 44.2 Å². The Kier molecular flexibility index (Phi) is 3.23. The number of aryl methyl sites for hydroxylation is 2. The number of nitrogens with zero attached hydrogens (tertiary/aromatic N) is 3. The Morgan fingerprint density at radius 2 is 1.71 bits per heavy atom. The van der Waals surface area contributed by atoms with E-state index in [9.17, 15) is 4.79 Å². The zero-order chi connectivity index (χ0) is 16.7. The molecule has 1 N–H and O–H groups in total. The van der Waals surface area contributed by atoms with Crippen molar-refractivity contribution in [2.45, 2.75) is 13.8 Å². The lowest BCUT2D eigenvalue weighted by Gasteiger charge is -2.07. The molecule has 1 amide bonds. The molecule has 2 heterocycles. The Morgan fingerprint density at radius 1 is 0.958 bits per heavy atom. The Morgan fingerprint density at radius 3 is 2.54 bits per heavy atom. The highest BCUT2D eigenvalue weighted by atomic mass is 16.3. The van der Waals surface area contributed by atoms with Crippen LogP contribution in [0.25, 0.3) is 22.1 Å². The molecule has 0 saturated heterocycles. The summed E-state index contributed by atoms with van der Waals surface area (Å²) in [5.74, 6) is -0.212. The predicted molar refractivity (Wildman–Crippen MR) is 91.0 cm³/mol. The number of hydrogen-bond acceptors (Lipinski definition) is 5. The van der Waals surface area contributed by atoms with Gasteiger partial charge < -0.3 is 9.73 Å². The van der Waals surface area contributed by atoms with E-state index in [2.05, 4.69) is 20.3 Å². The molecule has 0 saturated carbocycles. The molecule has 6 nitrogen and oxygen atoms in total. The van der Waals surface area contributed by atoms with Crippen molar-refractivity contribution in [3.63, 3.8) is 0 Å². The molecular formula is C18H14N4O2. The standard InChI is InChI=1S/C18H14N4O2/c1-10-11(2)21-16-7-12(3-5-14(16)20-10)18(23)22-13-4-6-15-17(8-13)24-9-19-15/h3-9H,1-2H3,(H,22,23). The first kappa shape index (κ1) is 14.3. The maximum atomic E-state index is 12.5. The number of anilines is 1. The van der Waals surface area contributed by atoms with E-state index >= 15 is 0 Å². The average molecular weight is 318 g/mol. The van der Waals surface area contributed by atoms with Crippen molar-refractivity contribution in [2.75, 3.05) is 5.32 Å². The Balaban J connectivity index is 1.65. The van der Waals surface area contributed by atoms with Crippen molar-refractivity contribution < 1.29 is 9.21 Å². The Bertz CT molecular complexity index is 1080. The van der Waals surface area contributed by atoms with Gasteiger partial charge in [0.2, 0.25) is 0 Å². The summed E-state index contributed by atoms with van der Waals surface area (Å²) in [7, 11) is 0. The minimum absolute atomic E-state index is 0.212. The molecule has 24 heavy (non-hydrogen) atoms. The van der Waals surface area contributed by atoms with Gasteiger partial charge in [-0.2, -0.15) is 0 Å². The van der Waals surface area contributed by atoms with Crippen LogP contribution in [-0.4, -0.2) is 20.9 Å². The number of carbonyl (C=O) groups excluding carboxylic acids is 1. The van der Waals surface area contributed by atoms with Crippen molar-refractivity contribution in [2.24, 2.45) is 0 Å². The van der Waals surface area contributed by atoms with Gasteiger partial charge in [-0.25, -0.2) is 15.0 Å². The van der Waals surface area contributed by atoms with Gasteiger partial charge in [0, 0.05) is 17.3 Å². The molecule has 0 fully saturated rings. The fourth-order valence-electron chi connectivity index (χ4n) is 2.51. The first-order chi connectivity index (χ1) is 11.6. The van der Waals surface area contributed by atoms with Crippen LogP contribution in [0.3, 0.4) is 0 Å². The van der Waals surface area contributed by atoms with Gasteiger partial charge in [0.05, 0.1) is 22.4 Å². The zero-order valence-corrected chi connectivity index (χ0v) is 13.2. The largest absolute Gasteiger partial charge is 0.443 e. The average Bonchev–Trinajstić information content (AvgIpc) is 3.03. The molecule has 0 aliphatic heterocycles. The van der Waals surface area contributed by atoms with Crippen LogP contribution >= 0.6 is 0 Å². The summed E-state index contributed by atoms with van der Waals surface area (Å²) in [5.41, 5.74) is 5.78. The molecule has 2 aromatic heterocycles. The Labute approximate surface area is 137 Å². The van der Waals surface area contributed by atoms with Crippen LogP contribution in [0, 0.1) is 13.8 Å². The second-order valence-corrected chi connectivity index (χ2v) is 5.59.